The third-order valence-electron chi connectivity index (χ3n) is 3.81. The summed E-state index contributed by atoms with van der Waals surface area (Å²) in [6.45, 7) is 9.07. The lowest BCUT2D eigenvalue weighted by molar-refractivity contribution is -0.160. The summed E-state index contributed by atoms with van der Waals surface area (Å²) in [6.07, 6.45) is 0.278. The number of hydrogen-bond acceptors (Lipinski definition) is 4. The van der Waals surface area contributed by atoms with E-state index in [1.165, 1.54) is 0 Å². The molecule has 1 saturated heterocycles. The molecule has 2 fully saturated rings. The van der Waals surface area contributed by atoms with Gasteiger partial charge < -0.3 is 9.47 Å². The number of rotatable bonds is 2. The van der Waals surface area contributed by atoms with Gasteiger partial charge in [-0.25, -0.2) is 4.79 Å². The predicted octanol–water partition coefficient (Wildman–Crippen LogP) is 1.69. The van der Waals surface area contributed by atoms with Gasteiger partial charge in [0.15, 0.2) is 0 Å². The molecular weight excluding hydrogens is 220 g/mol. The van der Waals surface area contributed by atoms with E-state index in [1.807, 2.05) is 13.8 Å². The van der Waals surface area contributed by atoms with E-state index in [-0.39, 0.29) is 35.9 Å². The second-order valence-corrected chi connectivity index (χ2v) is 5.22. The van der Waals surface area contributed by atoms with Gasteiger partial charge in [-0.2, -0.15) is 0 Å². The molecule has 0 aromatic rings. The topological polar surface area (TPSA) is 52.6 Å². The highest BCUT2D eigenvalue weighted by molar-refractivity contribution is 5.87. The number of esters is 2. The minimum absolute atomic E-state index is 0.0871. The summed E-state index contributed by atoms with van der Waals surface area (Å²) in [4.78, 5) is 23.0. The van der Waals surface area contributed by atoms with Crippen LogP contribution in [0.15, 0.2) is 12.2 Å². The molecule has 1 aliphatic heterocycles. The molecule has 17 heavy (non-hydrogen) atoms. The van der Waals surface area contributed by atoms with Crippen molar-refractivity contribution < 1.29 is 19.1 Å². The fraction of sp³-hybridized carbons (Fsp3) is 0.692. The van der Waals surface area contributed by atoms with Gasteiger partial charge in [0, 0.05) is 11.5 Å². The van der Waals surface area contributed by atoms with Crippen LogP contribution in [0.2, 0.25) is 0 Å². The van der Waals surface area contributed by atoms with Crippen LogP contribution in [0.5, 0.6) is 0 Å². The Kier molecular flexibility index (Phi) is 2.98. The summed E-state index contributed by atoms with van der Waals surface area (Å²) in [5.41, 5.74) is 0.373. The molecule has 1 aliphatic carbocycles. The zero-order chi connectivity index (χ0) is 12.7. The third kappa shape index (κ3) is 1.96. The Morgan fingerprint density at radius 2 is 2.12 bits per heavy atom. The molecule has 4 nitrogen and oxygen atoms in total. The van der Waals surface area contributed by atoms with Crippen molar-refractivity contribution in [2.75, 3.05) is 0 Å². The van der Waals surface area contributed by atoms with Crippen molar-refractivity contribution in [1.29, 1.82) is 0 Å². The predicted molar refractivity (Wildman–Crippen MR) is 61.0 cm³/mol. The largest absolute Gasteiger partial charge is 0.458 e. The van der Waals surface area contributed by atoms with Gasteiger partial charge in [-0.1, -0.05) is 20.4 Å². The first-order valence-electron chi connectivity index (χ1n) is 5.98. The first-order valence-corrected chi connectivity index (χ1v) is 5.98. The fourth-order valence-electron chi connectivity index (χ4n) is 2.73. The lowest BCUT2D eigenvalue weighted by Crippen LogP contribution is -2.32. The zero-order valence-electron chi connectivity index (χ0n) is 10.4. The monoisotopic (exact) mass is 238 g/mol. The molecule has 4 heteroatoms. The number of ether oxygens (including phenoxy) is 2. The summed E-state index contributed by atoms with van der Waals surface area (Å²) >= 11 is 0. The minimum atomic E-state index is -0.405. The van der Waals surface area contributed by atoms with Crippen LogP contribution in [-0.4, -0.2) is 24.1 Å². The highest BCUT2D eigenvalue weighted by Gasteiger charge is 2.54. The van der Waals surface area contributed by atoms with E-state index in [4.69, 9.17) is 9.47 Å². The highest BCUT2D eigenvalue weighted by Crippen LogP contribution is 2.44. The van der Waals surface area contributed by atoms with Crippen molar-refractivity contribution in [2.24, 2.45) is 17.8 Å². The Balaban J connectivity index is 2.10. The molecule has 5 atom stereocenters. The van der Waals surface area contributed by atoms with Crippen LogP contribution < -0.4 is 0 Å². The number of fused-ring (bicyclic) bond motifs is 1. The average molecular weight is 238 g/mol. The van der Waals surface area contributed by atoms with E-state index in [9.17, 15) is 9.59 Å². The second kappa shape index (κ2) is 4.17. The molecule has 0 bridgehead atoms. The lowest BCUT2D eigenvalue weighted by atomic mass is 9.93. The summed E-state index contributed by atoms with van der Waals surface area (Å²) in [7, 11) is 0. The number of carbonyl (C=O) groups is 2. The minimum Gasteiger partial charge on any atom is -0.458 e. The van der Waals surface area contributed by atoms with E-state index in [1.54, 1.807) is 6.92 Å². The Labute approximate surface area is 101 Å². The van der Waals surface area contributed by atoms with E-state index >= 15 is 0 Å². The van der Waals surface area contributed by atoms with Gasteiger partial charge in [-0.3, -0.25) is 4.79 Å². The van der Waals surface area contributed by atoms with E-state index < -0.39 is 5.97 Å². The first-order chi connectivity index (χ1) is 7.91. The third-order valence-corrected chi connectivity index (χ3v) is 3.81. The van der Waals surface area contributed by atoms with Crippen molar-refractivity contribution in [2.45, 2.75) is 39.4 Å². The molecule has 94 valence electrons. The first kappa shape index (κ1) is 12.1. The van der Waals surface area contributed by atoms with Gasteiger partial charge in [0.2, 0.25) is 0 Å². The van der Waals surface area contributed by atoms with E-state index in [2.05, 4.69) is 6.58 Å². The zero-order valence-corrected chi connectivity index (χ0v) is 10.4. The van der Waals surface area contributed by atoms with Gasteiger partial charge in [-0.05, 0) is 19.3 Å². The van der Waals surface area contributed by atoms with Crippen molar-refractivity contribution in [3.63, 3.8) is 0 Å². The normalized spacial score (nSPS) is 39.7. The highest BCUT2D eigenvalue weighted by atomic mass is 16.6. The molecule has 0 aromatic heterocycles. The summed E-state index contributed by atoms with van der Waals surface area (Å²) in [6, 6.07) is 0. The summed E-state index contributed by atoms with van der Waals surface area (Å²) < 4.78 is 10.7. The van der Waals surface area contributed by atoms with E-state index in [0.717, 1.165) is 6.42 Å². The van der Waals surface area contributed by atoms with Crippen LogP contribution in [0.1, 0.15) is 27.2 Å². The molecule has 0 spiro atoms. The molecule has 0 amide bonds. The lowest BCUT2D eigenvalue weighted by Gasteiger charge is -2.21. The van der Waals surface area contributed by atoms with Gasteiger partial charge in [-0.15, -0.1) is 0 Å². The Morgan fingerprint density at radius 3 is 2.71 bits per heavy atom. The molecule has 0 radical (unpaired) electrons. The van der Waals surface area contributed by atoms with Crippen molar-refractivity contribution in [1.82, 2.24) is 0 Å². The van der Waals surface area contributed by atoms with Gasteiger partial charge >= 0.3 is 11.9 Å². The van der Waals surface area contributed by atoms with Crippen LogP contribution in [0, 0.1) is 17.8 Å². The molecule has 0 N–H and O–H groups in total. The van der Waals surface area contributed by atoms with Gasteiger partial charge in [0.25, 0.3) is 0 Å². The molecule has 1 saturated carbocycles. The van der Waals surface area contributed by atoms with Gasteiger partial charge in [0.05, 0.1) is 5.92 Å². The quantitative estimate of drug-likeness (QED) is 0.542. The summed E-state index contributed by atoms with van der Waals surface area (Å²) in [5.74, 6) is -0.262. The number of hydrogen-bond donors (Lipinski definition) is 0. The Bertz CT molecular complexity index is 374. The molecule has 0 aromatic carbocycles. The second-order valence-electron chi connectivity index (χ2n) is 5.22. The Morgan fingerprint density at radius 1 is 1.47 bits per heavy atom. The molecule has 2 aliphatic rings. The summed E-state index contributed by atoms with van der Waals surface area (Å²) in [5, 5.41) is 0. The van der Waals surface area contributed by atoms with Crippen molar-refractivity contribution in [3.05, 3.63) is 12.2 Å². The molecule has 5 unspecified atom stereocenters. The smallest absolute Gasteiger partial charge is 0.333 e. The van der Waals surface area contributed by atoms with Gasteiger partial charge in [0.1, 0.15) is 12.2 Å². The average Bonchev–Trinajstić information content (AvgIpc) is 2.69. The van der Waals surface area contributed by atoms with Crippen LogP contribution in [0.25, 0.3) is 0 Å². The fourth-order valence-corrected chi connectivity index (χ4v) is 2.73. The van der Waals surface area contributed by atoms with Crippen LogP contribution in [0.3, 0.4) is 0 Å². The molecule has 1 heterocycles. The maximum absolute atomic E-state index is 11.5. The maximum atomic E-state index is 11.5. The van der Waals surface area contributed by atoms with Crippen LogP contribution >= 0.6 is 0 Å². The van der Waals surface area contributed by atoms with Crippen LogP contribution in [0.4, 0.5) is 0 Å². The van der Waals surface area contributed by atoms with Crippen molar-refractivity contribution >= 4 is 11.9 Å². The number of carbonyl (C=O) groups excluding carboxylic acids is 2. The maximum Gasteiger partial charge on any atom is 0.333 e. The van der Waals surface area contributed by atoms with Crippen LogP contribution in [-0.2, 0) is 19.1 Å². The van der Waals surface area contributed by atoms with E-state index in [0.29, 0.717) is 5.57 Å². The standard InChI is InChI=1S/C13H18O4/c1-6(2)12(14)16-10-7(3)5-9-8(4)13(15)17-11(9)10/h7-11H,1,5H2,2-4H3. The molecule has 2 rings (SSSR count). The SMILES string of the molecule is C=C(C)C(=O)OC1C(C)CC2C(C)C(=O)OC21. The molecular formula is C13H18O4. The van der Waals surface area contributed by atoms with Crippen molar-refractivity contribution in [3.8, 4) is 0 Å². The Hall–Kier alpha value is -1.32.